The number of rotatable bonds is 6. The third kappa shape index (κ3) is 4.23. The molecule has 0 radical (unpaired) electrons. The Morgan fingerprint density at radius 3 is 2.74 bits per heavy atom. The molecule has 0 aliphatic heterocycles. The van der Waals surface area contributed by atoms with Gasteiger partial charge in [-0.1, -0.05) is 18.7 Å². The summed E-state index contributed by atoms with van der Waals surface area (Å²) in [5, 5.41) is 11.3. The number of fused-ring (bicyclic) bond motifs is 3. The van der Waals surface area contributed by atoms with Gasteiger partial charge < -0.3 is 20.7 Å². The largest absolute Gasteiger partial charge is 0.390 e. The first-order valence-corrected chi connectivity index (χ1v) is 11.4. The number of carbonyl (C=O) groups excluding carboxylic acids is 2. The van der Waals surface area contributed by atoms with Gasteiger partial charge in [-0.15, -0.1) is 0 Å². The molecule has 1 heterocycles. The molecule has 0 fully saturated rings. The third-order valence-electron chi connectivity index (χ3n) is 6.89. The second-order valence-electron chi connectivity index (χ2n) is 9.61. The molecule has 0 bridgehead atoms. The van der Waals surface area contributed by atoms with Crippen molar-refractivity contribution < 1.29 is 19.1 Å². The van der Waals surface area contributed by atoms with Gasteiger partial charge in [-0.3, -0.25) is 9.59 Å². The highest BCUT2D eigenvalue weighted by molar-refractivity contribution is 6.04. The Labute approximate surface area is 198 Å². The number of aliphatic hydroxyl groups is 1. The molecule has 4 N–H and O–H groups in total. The van der Waals surface area contributed by atoms with Crippen molar-refractivity contribution in [2.24, 2.45) is 11.7 Å². The van der Waals surface area contributed by atoms with Crippen molar-refractivity contribution in [3.8, 4) is 11.1 Å². The number of anilines is 1. The van der Waals surface area contributed by atoms with E-state index in [9.17, 15) is 14.7 Å². The zero-order chi connectivity index (χ0) is 24.8. The van der Waals surface area contributed by atoms with Crippen LogP contribution >= 0.6 is 0 Å². The molecule has 0 spiro atoms. The molecule has 2 amide bonds. The number of nitrogens with zero attached hydrogens (tertiary/aromatic N) is 1. The Kier molecular flexibility index (Phi) is 6.08. The highest BCUT2D eigenvalue weighted by atomic mass is 19.1. The van der Waals surface area contributed by atoms with Gasteiger partial charge in [0.2, 0.25) is 11.8 Å². The van der Waals surface area contributed by atoms with E-state index < -0.39 is 17.3 Å². The Morgan fingerprint density at radius 1 is 1.35 bits per heavy atom. The molecule has 7 heteroatoms. The number of primary amides is 1. The van der Waals surface area contributed by atoms with Gasteiger partial charge in [0.1, 0.15) is 5.82 Å². The predicted molar refractivity (Wildman–Crippen MR) is 132 cm³/mol. The van der Waals surface area contributed by atoms with Crippen LogP contribution in [0, 0.1) is 11.7 Å². The average molecular weight is 464 g/mol. The normalized spacial score (nSPS) is 15.7. The summed E-state index contributed by atoms with van der Waals surface area (Å²) in [6, 6.07) is 8.51. The van der Waals surface area contributed by atoms with Crippen LogP contribution in [0.25, 0.3) is 22.0 Å². The molecular formula is C27H30FN3O3. The van der Waals surface area contributed by atoms with Gasteiger partial charge in [-0.2, -0.15) is 0 Å². The fourth-order valence-electron chi connectivity index (χ4n) is 4.99. The van der Waals surface area contributed by atoms with E-state index in [1.54, 1.807) is 25.2 Å². The molecule has 1 aliphatic rings. The van der Waals surface area contributed by atoms with Crippen molar-refractivity contribution in [1.82, 2.24) is 4.98 Å². The van der Waals surface area contributed by atoms with Crippen molar-refractivity contribution >= 4 is 28.4 Å². The lowest BCUT2D eigenvalue weighted by Gasteiger charge is -2.32. The van der Waals surface area contributed by atoms with Crippen LogP contribution in [0.15, 0.2) is 43.0 Å². The number of nitrogens with one attached hydrogen (secondary N) is 1. The highest BCUT2D eigenvalue weighted by Gasteiger charge is 2.33. The maximum absolute atomic E-state index is 15.7. The Morgan fingerprint density at radius 2 is 2.09 bits per heavy atom. The fraction of sp³-hybridized carbons (Fsp3) is 0.333. The summed E-state index contributed by atoms with van der Waals surface area (Å²) in [5.74, 6) is -1.20. The minimum atomic E-state index is -0.838. The maximum atomic E-state index is 15.7. The van der Waals surface area contributed by atoms with Gasteiger partial charge in [-0.25, -0.2) is 4.39 Å². The van der Waals surface area contributed by atoms with Gasteiger partial charge in [0, 0.05) is 29.4 Å². The Hall–Kier alpha value is -3.45. The molecule has 178 valence electrons. The van der Waals surface area contributed by atoms with Gasteiger partial charge >= 0.3 is 0 Å². The van der Waals surface area contributed by atoms with E-state index in [4.69, 9.17) is 5.73 Å². The number of aryl methyl sites for hydroxylation is 1. The Bertz CT molecular complexity index is 1300. The number of amides is 2. The van der Waals surface area contributed by atoms with Gasteiger partial charge in [0.25, 0.3) is 0 Å². The molecule has 0 saturated carbocycles. The quantitative estimate of drug-likeness (QED) is 0.481. The summed E-state index contributed by atoms with van der Waals surface area (Å²) >= 11 is 0. The minimum absolute atomic E-state index is 0.0582. The number of benzene rings is 2. The van der Waals surface area contributed by atoms with E-state index in [0.29, 0.717) is 40.7 Å². The number of likely N-dealkylation sites (N-methyl/N-ethyl adjacent to an activating group) is 1. The first-order valence-electron chi connectivity index (χ1n) is 11.4. The van der Waals surface area contributed by atoms with Crippen molar-refractivity contribution in [2.75, 3.05) is 11.9 Å². The number of H-pyrrole nitrogens is 1. The number of carbonyl (C=O) groups is 2. The molecular weight excluding hydrogens is 433 g/mol. The van der Waals surface area contributed by atoms with Crippen molar-refractivity contribution in [3.63, 3.8) is 0 Å². The molecule has 1 atom stereocenters. The van der Waals surface area contributed by atoms with Crippen LogP contribution in [0.5, 0.6) is 0 Å². The SMILES string of the molecule is C=CC(=O)N(C)c1cccc(-c2c(F)cc(CC(N)=O)c3[nH]c4c(c23)CC[C@@H](C(C)(C)O)C4)c1. The number of hydrogen-bond acceptors (Lipinski definition) is 3. The van der Waals surface area contributed by atoms with Gasteiger partial charge in [-0.05, 0) is 80.0 Å². The molecule has 1 aromatic heterocycles. The molecule has 1 aliphatic carbocycles. The first-order chi connectivity index (χ1) is 16.0. The second kappa shape index (κ2) is 8.72. The topological polar surface area (TPSA) is 99.4 Å². The van der Waals surface area contributed by atoms with E-state index in [1.165, 1.54) is 17.0 Å². The second-order valence-corrected chi connectivity index (χ2v) is 9.61. The van der Waals surface area contributed by atoms with Crippen molar-refractivity contribution in [3.05, 3.63) is 65.6 Å². The molecule has 0 unspecified atom stereocenters. The van der Waals surface area contributed by atoms with Gasteiger partial charge in [0.05, 0.1) is 17.5 Å². The van der Waals surface area contributed by atoms with E-state index in [2.05, 4.69) is 11.6 Å². The number of nitrogens with two attached hydrogens (primary N) is 1. The average Bonchev–Trinajstić information content (AvgIpc) is 3.16. The van der Waals surface area contributed by atoms with Crippen LogP contribution < -0.4 is 10.6 Å². The zero-order valence-electron chi connectivity index (χ0n) is 19.7. The van der Waals surface area contributed by atoms with Crippen molar-refractivity contribution in [1.29, 1.82) is 0 Å². The summed E-state index contributed by atoms with van der Waals surface area (Å²) in [6.45, 7) is 7.14. The number of aromatic nitrogens is 1. The summed E-state index contributed by atoms with van der Waals surface area (Å²) in [7, 11) is 1.64. The maximum Gasteiger partial charge on any atom is 0.250 e. The number of aromatic amines is 1. The number of hydrogen-bond donors (Lipinski definition) is 3. The molecule has 2 aromatic carbocycles. The van der Waals surface area contributed by atoms with Gasteiger partial charge in [0.15, 0.2) is 0 Å². The van der Waals surface area contributed by atoms with Crippen LogP contribution in [-0.4, -0.2) is 34.6 Å². The van der Waals surface area contributed by atoms with Crippen LogP contribution in [-0.2, 0) is 28.9 Å². The van der Waals surface area contributed by atoms with Crippen molar-refractivity contribution in [2.45, 2.75) is 45.1 Å². The van der Waals surface area contributed by atoms with Crippen LogP contribution in [0.1, 0.15) is 37.1 Å². The standard InChI is InChI=1S/C27H30FN3O3/c1-5-23(33)31(4)18-8-6-7-15(11-18)24-20(28)12-16(13-22(29)32)26-25(24)19-10-9-17(27(2,3)34)14-21(19)30-26/h5-8,11-12,17,30,34H,1,9-10,13-14H2,2-4H3,(H2,29,32)/t17-/m1/s1. The molecule has 4 rings (SSSR count). The zero-order valence-corrected chi connectivity index (χ0v) is 19.7. The van der Waals surface area contributed by atoms with E-state index in [0.717, 1.165) is 23.1 Å². The smallest absolute Gasteiger partial charge is 0.250 e. The number of halogens is 1. The van der Waals surface area contributed by atoms with Crippen LogP contribution in [0.4, 0.5) is 10.1 Å². The highest BCUT2D eigenvalue weighted by Crippen LogP contribution is 2.42. The lowest BCUT2D eigenvalue weighted by Crippen LogP contribution is -2.34. The fourth-order valence-corrected chi connectivity index (χ4v) is 4.99. The van der Waals surface area contributed by atoms with Crippen LogP contribution in [0.2, 0.25) is 0 Å². The lowest BCUT2D eigenvalue weighted by molar-refractivity contribution is -0.117. The summed E-state index contributed by atoms with van der Waals surface area (Å²) < 4.78 is 15.7. The monoisotopic (exact) mass is 463 g/mol. The van der Waals surface area contributed by atoms with Crippen LogP contribution in [0.3, 0.4) is 0 Å². The lowest BCUT2D eigenvalue weighted by atomic mass is 9.77. The van der Waals surface area contributed by atoms with E-state index in [1.807, 2.05) is 19.9 Å². The predicted octanol–water partition coefficient (Wildman–Crippen LogP) is 4.03. The molecule has 34 heavy (non-hydrogen) atoms. The van der Waals surface area contributed by atoms with E-state index >= 15 is 4.39 Å². The summed E-state index contributed by atoms with van der Waals surface area (Å²) in [5.41, 5.74) is 9.42. The molecule has 6 nitrogen and oxygen atoms in total. The molecule has 3 aromatic rings. The molecule has 0 saturated heterocycles. The Balaban J connectivity index is 1.94. The van der Waals surface area contributed by atoms with E-state index in [-0.39, 0.29) is 18.2 Å². The third-order valence-corrected chi connectivity index (χ3v) is 6.89. The first kappa shape index (κ1) is 23.7. The summed E-state index contributed by atoms with van der Waals surface area (Å²) in [6.07, 6.45) is 3.21. The minimum Gasteiger partial charge on any atom is -0.390 e. The summed E-state index contributed by atoms with van der Waals surface area (Å²) in [4.78, 5) is 28.7.